The zero-order valence-electron chi connectivity index (χ0n) is 12.5. The van der Waals surface area contributed by atoms with Crippen LogP contribution in [0.25, 0.3) is 0 Å². The fourth-order valence-electron chi connectivity index (χ4n) is 1.65. The number of nitrogens with zero attached hydrogens (tertiary/aromatic N) is 2. The van der Waals surface area contributed by atoms with Crippen molar-refractivity contribution >= 4 is 31.6 Å². The third-order valence-electron chi connectivity index (χ3n) is 2.68. The lowest BCUT2D eigenvalue weighted by Crippen LogP contribution is -2.02. The van der Waals surface area contributed by atoms with E-state index in [0.717, 1.165) is 24.3 Å². The van der Waals surface area contributed by atoms with Crippen LogP contribution in [-0.4, -0.2) is 35.8 Å². The van der Waals surface area contributed by atoms with Crippen LogP contribution in [0.1, 0.15) is 0 Å². The third-order valence-corrected chi connectivity index (χ3v) is 4.48. The zero-order valence-corrected chi connectivity index (χ0v) is 14.1. The Labute approximate surface area is 146 Å². The van der Waals surface area contributed by atoms with E-state index in [4.69, 9.17) is 9.11 Å². The summed E-state index contributed by atoms with van der Waals surface area (Å²) < 4.78 is 59.6. The van der Waals surface area contributed by atoms with Crippen molar-refractivity contribution in [3.8, 4) is 0 Å². The summed E-state index contributed by atoms with van der Waals surface area (Å²) in [5.74, 6) is 0. The number of hydrogen-bond donors (Lipinski definition) is 2. The predicted molar refractivity (Wildman–Crippen MR) is 85.8 cm³/mol. The molecule has 0 aromatic heterocycles. The van der Waals surface area contributed by atoms with Crippen LogP contribution < -0.4 is 0 Å². The molecule has 0 saturated carbocycles. The van der Waals surface area contributed by atoms with Crippen molar-refractivity contribution in [1.29, 1.82) is 0 Å². The van der Waals surface area contributed by atoms with E-state index in [0.29, 0.717) is 0 Å². The van der Waals surface area contributed by atoms with Gasteiger partial charge in [0.1, 0.15) is 0 Å². The van der Waals surface area contributed by atoms with Crippen LogP contribution in [0.15, 0.2) is 58.3 Å². The van der Waals surface area contributed by atoms with E-state index in [1.165, 1.54) is 24.3 Å². The second-order valence-electron chi connectivity index (χ2n) is 4.40. The van der Waals surface area contributed by atoms with Gasteiger partial charge in [0.25, 0.3) is 11.4 Å². The van der Waals surface area contributed by atoms with Gasteiger partial charge < -0.3 is 0 Å². The highest BCUT2D eigenvalue weighted by Crippen LogP contribution is 2.22. The van der Waals surface area contributed by atoms with Crippen molar-refractivity contribution in [1.82, 2.24) is 0 Å². The first-order valence-electron chi connectivity index (χ1n) is 6.27. The van der Waals surface area contributed by atoms with Crippen molar-refractivity contribution in [3.05, 3.63) is 68.8 Å². The summed E-state index contributed by atoms with van der Waals surface area (Å²) in [5.41, 5.74) is -1.27. The Morgan fingerprint density at radius 2 is 0.923 bits per heavy atom. The normalized spacial score (nSPS) is 11.2. The van der Waals surface area contributed by atoms with Gasteiger partial charge in [0.2, 0.25) is 0 Å². The number of nitro groups is 2. The summed E-state index contributed by atoms with van der Waals surface area (Å²) >= 11 is 0. The molecule has 0 radical (unpaired) electrons. The number of benzene rings is 2. The van der Waals surface area contributed by atoms with Crippen LogP contribution in [0.5, 0.6) is 0 Å². The third kappa shape index (κ3) is 5.55. The Morgan fingerprint density at radius 1 is 0.654 bits per heavy atom. The van der Waals surface area contributed by atoms with Crippen molar-refractivity contribution in [2.75, 3.05) is 0 Å². The summed E-state index contributed by atoms with van der Waals surface area (Å²) in [4.78, 5) is 17.5. The Bertz CT molecular complexity index is 962. The van der Waals surface area contributed by atoms with E-state index in [1.54, 1.807) is 0 Å². The molecule has 140 valence electrons. The molecule has 0 heterocycles. The lowest BCUT2D eigenvalue weighted by molar-refractivity contribution is -0.388. The van der Waals surface area contributed by atoms with Gasteiger partial charge in [0.05, 0.1) is 9.85 Å². The highest BCUT2D eigenvalue weighted by atomic mass is 32.2. The average Bonchev–Trinajstić information content (AvgIpc) is 2.54. The fourth-order valence-corrected chi connectivity index (χ4v) is 2.97. The van der Waals surface area contributed by atoms with Crippen molar-refractivity contribution in [3.63, 3.8) is 0 Å². The molecule has 26 heavy (non-hydrogen) atoms. The quantitative estimate of drug-likeness (QED) is 0.428. The monoisotopic (exact) mass is 406 g/mol. The summed E-state index contributed by atoms with van der Waals surface area (Å²) in [7, 11) is -9.04. The number of nitro benzene ring substituents is 2. The highest BCUT2D eigenvalue weighted by Gasteiger charge is 2.23. The molecule has 2 aromatic carbocycles. The van der Waals surface area contributed by atoms with Crippen LogP contribution in [-0.2, 0) is 20.2 Å². The molecule has 2 N–H and O–H groups in total. The predicted octanol–water partition coefficient (Wildman–Crippen LogP) is 1.68. The van der Waals surface area contributed by atoms with E-state index in [-0.39, 0.29) is 0 Å². The Kier molecular flexibility index (Phi) is 6.46. The van der Waals surface area contributed by atoms with Gasteiger partial charge in [-0.05, 0) is 12.1 Å². The number of para-hydroxylation sites is 2. The van der Waals surface area contributed by atoms with E-state index >= 15 is 0 Å². The second kappa shape index (κ2) is 7.96. The van der Waals surface area contributed by atoms with E-state index in [1.807, 2.05) is 0 Å². The number of hydrogen-bond acceptors (Lipinski definition) is 8. The molecule has 12 nitrogen and oxygen atoms in total. The maximum atomic E-state index is 10.6. The molecule has 0 bridgehead atoms. The van der Waals surface area contributed by atoms with Gasteiger partial charge in [-0.15, -0.1) is 0 Å². The van der Waals surface area contributed by atoms with E-state index < -0.39 is 51.2 Å². The first-order chi connectivity index (χ1) is 11.9. The standard InChI is InChI=1S/2C6H5NO5S/c2*8-7(9)5-3-1-2-4-6(5)13(10,11)12/h2*1-4H,(H,10,11,12). The molecule has 0 unspecified atom stereocenters. The van der Waals surface area contributed by atoms with Crippen molar-refractivity contribution in [2.24, 2.45) is 0 Å². The maximum Gasteiger partial charge on any atom is 0.301 e. The zero-order chi connectivity index (χ0) is 20.1. The molecule has 0 atom stereocenters. The molecule has 2 aromatic rings. The molecule has 0 spiro atoms. The van der Waals surface area contributed by atoms with E-state index in [9.17, 15) is 37.1 Å². The minimum absolute atomic E-state index is 0.634. The molecule has 0 fully saturated rings. The highest BCUT2D eigenvalue weighted by molar-refractivity contribution is 7.86. The topological polar surface area (TPSA) is 195 Å². The largest absolute Gasteiger partial charge is 0.301 e. The first-order valence-corrected chi connectivity index (χ1v) is 9.15. The van der Waals surface area contributed by atoms with Crippen molar-refractivity contribution < 1.29 is 35.8 Å². The smallest absolute Gasteiger partial charge is 0.282 e. The minimum atomic E-state index is -4.52. The van der Waals surface area contributed by atoms with Crippen LogP contribution in [0, 0.1) is 20.2 Å². The molecule has 2 rings (SSSR count). The van der Waals surface area contributed by atoms with Crippen LogP contribution in [0.4, 0.5) is 11.4 Å². The summed E-state index contributed by atoms with van der Waals surface area (Å²) in [6.07, 6.45) is 0. The van der Waals surface area contributed by atoms with Crippen LogP contribution in [0.3, 0.4) is 0 Å². The minimum Gasteiger partial charge on any atom is -0.282 e. The lowest BCUT2D eigenvalue weighted by Gasteiger charge is -1.97. The summed E-state index contributed by atoms with van der Waals surface area (Å²) in [6, 6.07) is 9.14. The molecule has 0 aliphatic carbocycles. The van der Waals surface area contributed by atoms with E-state index in [2.05, 4.69) is 0 Å². The van der Waals surface area contributed by atoms with Gasteiger partial charge in [0.15, 0.2) is 9.79 Å². The maximum absolute atomic E-state index is 10.6. The van der Waals surface area contributed by atoms with Crippen LogP contribution in [0.2, 0.25) is 0 Å². The molecule has 0 aliphatic rings. The van der Waals surface area contributed by atoms with Gasteiger partial charge in [-0.3, -0.25) is 29.3 Å². The van der Waals surface area contributed by atoms with Gasteiger partial charge in [-0.1, -0.05) is 24.3 Å². The Hall–Kier alpha value is -2.94. The Balaban J connectivity index is 0.000000260. The van der Waals surface area contributed by atoms with Crippen LogP contribution >= 0.6 is 0 Å². The number of rotatable bonds is 4. The Morgan fingerprint density at radius 3 is 1.12 bits per heavy atom. The molecular formula is C12H10N2O10S2. The lowest BCUT2D eigenvalue weighted by atomic mass is 10.3. The molecule has 0 aliphatic heterocycles. The molecule has 0 amide bonds. The molecule has 0 saturated heterocycles. The fraction of sp³-hybridized carbons (Fsp3) is 0. The SMILES string of the molecule is O=[N+]([O-])c1ccccc1S(=O)(=O)O.O=[N+]([O-])c1ccccc1S(=O)(=O)O. The summed E-state index contributed by atoms with van der Waals surface area (Å²) in [5, 5.41) is 20.6. The average molecular weight is 406 g/mol. The second-order valence-corrected chi connectivity index (χ2v) is 7.18. The molecular weight excluding hydrogens is 396 g/mol. The first kappa shape index (κ1) is 21.1. The molecule has 14 heteroatoms. The summed E-state index contributed by atoms with van der Waals surface area (Å²) in [6.45, 7) is 0. The van der Waals surface area contributed by atoms with Gasteiger partial charge >= 0.3 is 20.2 Å². The van der Waals surface area contributed by atoms with Gasteiger partial charge in [-0.2, -0.15) is 16.8 Å². The van der Waals surface area contributed by atoms with Gasteiger partial charge in [-0.25, -0.2) is 0 Å². The van der Waals surface area contributed by atoms with Gasteiger partial charge in [0, 0.05) is 12.1 Å². The van der Waals surface area contributed by atoms with Crippen molar-refractivity contribution in [2.45, 2.75) is 9.79 Å².